The van der Waals surface area contributed by atoms with Gasteiger partial charge in [0.2, 0.25) is 5.91 Å². The summed E-state index contributed by atoms with van der Waals surface area (Å²) >= 11 is 6.34. The Kier molecular flexibility index (Phi) is 5.43. The number of amides is 2. The van der Waals surface area contributed by atoms with Crippen LogP contribution in [0, 0.1) is 0 Å². The zero-order valence-corrected chi connectivity index (χ0v) is 17.2. The summed E-state index contributed by atoms with van der Waals surface area (Å²) in [7, 11) is 0. The van der Waals surface area contributed by atoms with Crippen molar-refractivity contribution >= 4 is 29.1 Å². The summed E-state index contributed by atoms with van der Waals surface area (Å²) in [6.45, 7) is 9.00. The number of halogens is 1. The van der Waals surface area contributed by atoms with Gasteiger partial charge >= 0.3 is 0 Å². The van der Waals surface area contributed by atoms with Gasteiger partial charge in [0.05, 0.1) is 0 Å². The van der Waals surface area contributed by atoms with Gasteiger partial charge in [0.25, 0.3) is 5.91 Å². The highest BCUT2D eigenvalue weighted by Gasteiger charge is 2.34. The number of carbonyl (C=O) groups excluding carboxylic acids is 2. The van der Waals surface area contributed by atoms with Crippen molar-refractivity contribution in [3.63, 3.8) is 0 Å². The van der Waals surface area contributed by atoms with Crippen molar-refractivity contribution < 1.29 is 9.59 Å². The molecular weight excluding hydrogens is 386 g/mol. The lowest BCUT2D eigenvalue weighted by molar-refractivity contribution is -0.133. The molecule has 0 bridgehead atoms. The number of rotatable bonds is 4. The van der Waals surface area contributed by atoms with E-state index in [1.165, 1.54) is 4.90 Å². The van der Waals surface area contributed by atoms with E-state index in [2.05, 4.69) is 18.4 Å². The lowest BCUT2D eigenvalue weighted by atomic mass is 10.1. The molecule has 1 fully saturated rings. The van der Waals surface area contributed by atoms with E-state index in [0.29, 0.717) is 24.4 Å². The molecule has 6 heteroatoms. The first kappa shape index (κ1) is 19.7. The van der Waals surface area contributed by atoms with Gasteiger partial charge in [0, 0.05) is 54.1 Å². The summed E-state index contributed by atoms with van der Waals surface area (Å²) in [5.74, 6) is -0.192. The number of nitrogens with zero attached hydrogens (tertiary/aromatic N) is 3. The molecule has 5 nitrogen and oxygen atoms in total. The maximum absolute atomic E-state index is 12.8. The number of hydrogen-bond acceptors (Lipinski definition) is 3. The van der Waals surface area contributed by atoms with E-state index in [1.54, 1.807) is 6.07 Å². The molecule has 0 aliphatic carbocycles. The van der Waals surface area contributed by atoms with Crippen LogP contribution in [-0.2, 0) is 4.79 Å². The first-order chi connectivity index (χ1) is 14.0. The lowest BCUT2D eigenvalue weighted by Gasteiger charge is -2.39. The summed E-state index contributed by atoms with van der Waals surface area (Å²) in [5.41, 5.74) is 3.13. The van der Waals surface area contributed by atoms with Gasteiger partial charge in [-0.2, -0.15) is 0 Å². The molecule has 2 heterocycles. The van der Waals surface area contributed by atoms with Gasteiger partial charge in [0.15, 0.2) is 0 Å². The zero-order chi connectivity index (χ0) is 20.5. The lowest BCUT2D eigenvalue weighted by Crippen LogP contribution is -2.51. The standard InChI is InChI=1S/C23H24ClN3O2/c1-16(19-8-5-6-10-21(19)24)25-11-13-26(14-12-25)22(28)15-27-17(2)18-7-3-4-9-20(18)23(27)29/h3-10,16H,2,11-15H2,1H3. The summed E-state index contributed by atoms with van der Waals surface area (Å²) in [6.07, 6.45) is 0. The molecule has 2 aliphatic rings. The van der Waals surface area contributed by atoms with Crippen LogP contribution < -0.4 is 0 Å². The maximum Gasteiger partial charge on any atom is 0.259 e. The van der Waals surface area contributed by atoms with Crippen LogP contribution in [0.25, 0.3) is 5.70 Å². The average Bonchev–Trinajstić information content (AvgIpc) is 2.99. The smallest absolute Gasteiger partial charge is 0.259 e. The minimum Gasteiger partial charge on any atom is -0.339 e. The molecule has 0 spiro atoms. The van der Waals surface area contributed by atoms with Gasteiger partial charge in [-0.15, -0.1) is 0 Å². The minimum atomic E-state index is -0.148. The number of hydrogen-bond donors (Lipinski definition) is 0. The van der Waals surface area contributed by atoms with Crippen LogP contribution >= 0.6 is 11.6 Å². The Bertz CT molecular complexity index is 931. The number of benzene rings is 2. The van der Waals surface area contributed by atoms with Gasteiger partial charge in [-0.25, -0.2) is 0 Å². The SMILES string of the molecule is C=C1c2ccccc2C(=O)N1CC(=O)N1CCN(C(C)c2ccccc2Cl)CC1. The first-order valence-corrected chi connectivity index (χ1v) is 10.2. The largest absolute Gasteiger partial charge is 0.339 e. The van der Waals surface area contributed by atoms with Crippen LogP contribution in [0.1, 0.15) is 34.5 Å². The van der Waals surface area contributed by atoms with Gasteiger partial charge in [0.1, 0.15) is 6.54 Å². The summed E-state index contributed by atoms with van der Waals surface area (Å²) in [5, 5.41) is 0.768. The van der Waals surface area contributed by atoms with E-state index in [1.807, 2.05) is 47.4 Å². The predicted molar refractivity (Wildman–Crippen MR) is 115 cm³/mol. The number of fused-ring (bicyclic) bond motifs is 1. The monoisotopic (exact) mass is 409 g/mol. The minimum absolute atomic E-state index is 0.0341. The Morgan fingerprint density at radius 2 is 1.66 bits per heavy atom. The quantitative estimate of drug-likeness (QED) is 0.773. The molecule has 1 saturated heterocycles. The zero-order valence-electron chi connectivity index (χ0n) is 16.5. The van der Waals surface area contributed by atoms with E-state index >= 15 is 0 Å². The fourth-order valence-corrected chi connectivity index (χ4v) is 4.40. The Balaban J connectivity index is 1.36. The van der Waals surface area contributed by atoms with Crippen molar-refractivity contribution in [3.8, 4) is 0 Å². The molecule has 2 aromatic rings. The predicted octanol–water partition coefficient (Wildman–Crippen LogP) is 3.67. The second-order valence-electron chi connectivity index (χ2n) is 7.50. The van der Waals surface area contributed by atoms with Gasteiger partial charge < -0.3 is 4.90 Å². The Morgan fingerprint density at radius 3 is 2.31 bits per heavy atom. The Hall–Kier alpha value is -2.63. The van der Waals surface area contributed by atoms with E-state index in [9.17, 15) is 9.59 Å². The molecule has 0 saturated carbocycles. The van der Waals surface area contributed by atoms with Crippen LogP contribution in [-0.4, -0.2) is 59.2 Å². The Labute approximate surface area is 176 Å². The summed E-state index contributed by atoms with van der Waals surface area (Å²) in [4.78, 5) is 31.1. The second-order valence-corrected chi connectivity index (χ2v) is 7.91. The van der Waals surface area contributed by atoms with Crippen molar-refractivity contribution in [1.29, 1.82) is 0 Å². The molecule has 0 N–H and O–H groups in total. The maximum atomic E-state index is 12.8. The summed E-state index contributed by atoms with van der Waals surface area (Å²) in [6, 6.07) is 15.4. The van der Waals surface area contributed by atoms with Crippen molar-refractivity contribution in [3.05, 3.63) is 76.8 Å². The third-order valence-corrected chi connectivity index (χ3v) is 6.25. The molecule has 0 radical (unpaired) electrons. The van der Waals surface area contributed by atoms with Crippen molar-refractivity contribution in [1.82, 2.24) is 14.7 Å². The van der Waals surface area contributed by atoms with Gasteiger partial charge in [-0.1, -0.05) is 54.6 Å². The van der Waals surface area contributed by atoms with Crippen molar-refractivity contribution in [2.24, 2.45) is 0 Å². The van der Waals surface area contributed by atoms with Gasteiger partial charge in [-0.05, 0) is 24.6 Å². The number of carbonyl (C=O) groups is 2. The molecule has 4 rings (SSSR count). The topological polar surface area (TPSA) is 43.9 Å². The van der Waals surface area contributed by atoms with Crippen molar-refractivity contribution in [2.75, 3.05) is 32.7 Å². The molecule has 1 unspecified atom stereocenters. The third-order valence-electron chi connectivity index (χ3n) is 5.90. The van der Waals surface area contributed by atoms with Crippen LogP contribution in [0.3, 0.4) is 0 Å². The van der Waals surface area contributed by atoms with Crippen LogP contribution in [0.4, 0.5) is 0 Å². The van der Waals surface area contributed by atoms with Crippen molar-refractivity contribution in [2.45, 2.75) is 13.0 Å². The average molecular weight is 410 g/mol. The fourth-order valence-electron chi connectivity index (χ4n) is 4.11. The molecule has 2 aromatic carbocycles. The molecular formula is C23H24ClN3O2. The van der Waals surface area contributed by atoms with E-state index in [-0.39, 0.29) is 24.4 Å². The van der Waals surface area contributed by atoms with Crippen LogP contribution in [0.15, 0.2) is 55.1 Å². The molecule has 2 amide bonds. The van der Waals surface area contributed by atoms with Crippen LogP contribution in [0.2, 0.25) is 5.02 Å². The van der Waals surface area contributed by atoms with E-state index in [4.69, 9.17) is 11.6 Å². The van der Waals surface area contributed by atoms with E-state index in [0.717, 1.165) is 29.2 Å². The highest BCUT2D eigenvalue weighted by atomic mass is 35.5. The van der Waals surface area contributed by atoms with Crippen LogP contribution in [0.5, 0.6) is 0 Å². The second kappa shape index (κ2) is 8.01. The first-order valence-electron chi connectivity index (χ1n) is 9.84. The molecule has 1 atom stereocenters. The normalized spacial score (nSPS) is 18.1. The molecule has 150 valence electrons. The molecule has 0 aromatic heterocycles. The molecule has 29 heavy (non-hydrogen) atoms. The fraction of sp³-hybridized carbons (Fsp3) is 0.304. The third kappa shape index (κ3) is 3.68. The van der Waals surface area contributed by atoms with Gasteiger partial charge in [-0.3, -0.25) is 19.4 Å². The van der Waals surface area contributed by atoms with E-state index < -0.39 is 0 Å². The summed E-state index contributed by atoms with van der Waals surface area (Å²) < 4.78 is 0. The Morgan fingerprint density at radius 1 is 1.03 bits per heavy atom. The highest BCUT2D eigenvalue weighted by molar-refractivity contribution is 6.31. The highest BCUT2D eigenvalue weighted by Crippen LogP contribution is 2.31. The number of piperazine rings is 1. The molecule has 2 aliphatic heterocycles.